The maximum Gasteiger partial charge on any atom is 0.337 e. The molecule has 0 N–H and O–H groups in total. The predicted molar refractivity (Wildman–Crippen MR) is 71.8 cm³/mol. The van der Waals surface area contributed by atoms with Crippen molar-refractivity contribution >= 4 is 28.4 Å². The molecule has 0 fully saturated rings. The molecule has 0 unspecified atom stereocenters. The van der Waals surface area contributed by atoms with Crippen LogP contribution in [0.1, 0.15) is 34.7 Å². The summed E-state index contributed by atoms with van der Waals surface area (Å²) in [4.78, 5) is 34.4. The molecule has 0 spiro atoms. The lowest BCUT2D eigenvalue weighted by atomic mass is 10.1. The number of aromatic nitrogens is 2. The van der Waals surface area contributed by atoms with Gasteiger partial charge in [0.2, 0.25) is 0 Å². The Kier molecular flexibility index (Phi) is 3.65. The van der Waals surface area contributed by atoms with Crippen LogP contribution >= 0.6 is 0 Å². The highest BCUT2D eigenvalue weighted by Crippen LogP contribution is 2.21. The number of methoxy groups -OCH3 is 1. The van der Waals surface area contributed by atoms with Crippen LogP contribution in [0.5, 0.6) is 0 Å². The van der Waals surface area contributed by atoms with E-state index < -0.39 is 5.97 Å². The Balaban J connectivity index is 2.66. The van der Waals surface area contributed by atoms with Crippen LogP contribution in [0.15, 0.2) is 18.2 Å². The SMILES string of the molecule is COC(=O)c1ccc2c(c1)c(C(C)=O)nn2CC(C)=O. The number of hydrogen-bond donors (Lipinski definition) is 0. The second kappa shape index (κ2) is 5.24. The fraction of sp³-hybridized carbons (Fsp3) is 0.286. The molecule has 0 aliphatic rings. The van der Waals surface area contributed by atoms with E-state index in [0.29, 0.717) is 16.5 Å². The van der Waals surface area contributed by atoms with Gasteiger partial charge in [-0.3, -0.25) is 14.3 Å². The van der Waals surface area contributed by atoms with Gasteiger partial charge in [0, 0.05) is 12.3 Å². The Morgan fingerprint density at radius 2 is 1.95 bits per heavy atom. The minimum atomic E-state index is -0.485. The van der Waals surface area contributed by atoms with E-state index in [1.165, 1.54) is 25.6 Å². The lowest BCUT2D eigenvalue weighted by Crippen LogP contribution is -2.08. The number of nitrogens with zero attached hydrogens (tertiary/aromatic N) is 2. The summed E-state index contributed by atoms with van der Waals surface area (Å²) < 4.78 is 6.12. The van der Waals surface area contributed by atoms with Gasteiger partial charge in [-0.1, -0.05) is 0 Å². The summed E-state index contributed by atoms with van der Waals surface area (Å²) in [5, 5.41) is 4.69. The zero-order valence-electron chi connectivity index (χ0n) is 11.5. The van der Waals surface area contributed by atoms with E-state index in [4.69, 9.17) is 0 Å². The van der Waals surface area contributed by atoms with Crippen molar-refractivity contribution in [1.82, 2.24) is 9.78 Å². The second-order valence-electron chi connectivity index (χ2n) is 4.49. The first kappa shape index (κ1) is 13.9. The summed E-state index contributed by atoms with van der Waals surface area (Å²) >= 11 is 0. The zero-order chi connectivity index (χ0) is 14.9. The molecule has 0 bridgehead atoms. The number of carbonyl (C=O) groups is 3. The van der Waals surface area contributed by atoms with Gasteiger partial charge in [0.25, 0.3) is 0 Å². The highest BCUT2D eigenvalue weighted by Gasteiger charge is 2.17. The lowest BCUT2D eigenvalue weighted by Gasteiger charge is -2.01. The number of rotatable bonds is 4. The Labute approximate surface area is 115 Å². The van der Waals surface area contributed by atoms with Crippen LogP contribution in [-0.2, 0) is 16.1 Å². The Bertz CT molecular complexity index is 715. The number of ether oxygens (including phenoxy) is 1. The molecule has 0 aliphatic carbocycles. The van der Waals surface area contributed by atoms with E-state index in [2.05, 4.69) is 9.84 Å². The molecular formula is C14H14N2O4. The van der Waals surface area contributed by atoms with Crippen molar-refractivity contribution in [3.63, 3.8) is 0 Å². The molecule has 1 aromatic heterocycles. The third-order valence-corrected chi connectivity index (χ3v) is 2.88. The molecule has 0 atom stereocenters. The first-order valence-corrected chi connectivity index (χ1v) is 6.03. The number of Topliss-reactive ketones (excluding diaryl/α,β-unsaturated/α-hetero) is 2. The van der Waals surface area contributed by atoms with Crippen LogP contribution in [0.2, 0.25) is 0 Å². The van der Waals surface area contributed by atoms with Crippen molar-refractivity contribution in [1.29, 1.82) is 0 Å². The maximum atomic E-state index is 11.6. The monoisotopic (exact) mass is 274 g/mol. The largest absolute Gasteiger partial charge is 0.465 e. The molecule has 20 heavy (non-hydrogen) atoms. The topological polar surface area (TPSA) is 78.3 Å². The normalized spacial score (nSPS) is 10.6. The van der Waals surface area contributed by atoms with Gasteiger partial charge >= 0.3 is 5.97 Å². The number of esters is 1. The van der Waals surface area contributed by atoms with E-state index in [1.807, 2.05) is 0 Å². The maximum absolute atomic E-state index is 11.6. The molecule has 0 aliphatic heterocycles. The van der Waals surface area contributed by atoms with Gasteiger partial charge in [0.15, 0.2) is 11.6 Å². The molecule has 1 aromatic carbocycles. The standard InChI is InChI=1S/C14H14N2O4/c1-8(17)7-16-12-5-4-10(14(19)20-3)6-11(12)13(15-16)9(2)18/h4-6H,7H2,1-3H3. The van der Waals surface area contributed by atoms with Crippen LogP contribution in [0.4, 0.5) is 0 Å². The molecule has 2 rings (SSSR count). The van der Waals surface area contributed by atoms with Crippen LogP contribution < -0.4 is 0 Å². The number of carbonyl (C=O) groups excluding carboxylic acids is 3. The van der Waals surface area contributed by atoms with Crippen LogP contribution in [-0.4, -0.2) is 34.4 Å². The minimum absolute atomic E-state index is 0.0680. The molecule has 104 valence electrons. The molecule has 0 amide bonds. The number of fused-ring (bicyclic) bond motifs is 1. The number of ketones is 2. The van der Waals surface area contributed by atoms with Crippen molar-refractivity contribution in [2.75, 3.05) is 7.11 Å². The van der Waals surface area contributed by atoms with Crippen molar-refractivity contribution in [2.45, 2.75) is 20.4 Å². The molecule has 0 radical (unpaired) electrons. The third-order valence-electron chi connectivity index (χ3n) is 2.88. The third kappa shape index (κ3) is 2.45. The second-order valence-corrected chi connectivity index (χ2v) is 4.49. The van der Waals surface area contributed by atoms with E-state index in [1.54, 1.807) is 18.2 Å². The average Bonchev–Trinajstić information content (AvgIpc) is 2.75. The number of benzene rings is 1. The summed E-state index contributed by atoms with van der Waals surface area (Å²) in [6.07, 6.45) is 0. The van der Waals surface area contributed by atoms with E-state index in [0.717, 1.165) is 0 Å². The molecule has 6 nitrogen and oxygen atoms in total. The van der Waals surface area contributed by atoms with Crippen molar-refractivity contribution in [3.8, 4) is 0 Å². The number of hydrogen-bond acceptors (Lipinski definition) is 5. The van der Waals surface area contributed by atoms with Crippen LogP contribution in [0, 0.1) is 0 Å². The summed E-state index contributed by atoms with van der Waals surface area (Å²) in [5.41, 5.74) is 1.22. The van der Waals surface area contributed by atoms with Crippen molar-refractivity contribution in [2.24, 2.45) is 0 Å². The van der Waals surface area contributed by atoms with Crippen molar-refractivity contribution in [3.05, 3.63) is 29.5 Å². The van der Waals surface area contributed by atoms with Gasteiger partial charge in [-0.15, -0.1) is 0 Å². The van der Waals surface area contributed by atoms with Crippen LogP contribution in [0.3, 0.4) is 0 Å². The smallest absolute Gasteiger partial charge is 0.337 e. The average molecular weight is 274 g/mol. The summed E-state index contributed by atoms with van der Waals surface area (Å²) in [5.74, 6) is -0.776. The minimum Gasteiger partial charge on any atom is -0.465 e. The highest BCUT2D eigenvalue weighted by atomic mass is 16.5. The zero-order valence-corrected chi connectivity index (χ0v) is 11.5. The van der Waals surface area contributed by atoms with E-state index in [9.17, 15) is 14.4 Å². The highest BCUT2D eigenvalue weighted by molar-refractivity contribution is 6.07. The Hall–Kier alpha value is -2.50. The fourth-order valence-electron chi connectivity index (χ4n) is 2.02. The summed E-state index contributed by atoms with van der Waals surface area (Å²) in [6.45, 7) is 2.93. The van der Waals surface area contributed by atoms with E-state index >= 15 is 0 Å². The quantitative estimate of drug-likeness (QED) is 0.625. The molecule has 0 saturated heterocycles. The fourth-order valence-corrected chi connectivity index (χ4v) is 2.02. The van der Waals surface area contributed by atoms with E-state index in [-0.39, 0.29) is 23.8 Å². The summed E-state index contributed by atoms with van der Waals surface area (Å²) in [7, 11) is 1.29. The first-order chi connectivity index (χ1) is 9.43. The Morgan fingerprint density at radius 3 is 2.50 bits per heavy atom. The molecule has 1 heterocycles. The van der Waals surface area contributed by atoms with Gasteiger partial charge in [0.1, 0.15) is 5.69 Å². The predicted octanol–water partition coefficient (Wildman–Crippen LogP) is 1.61. The molecule has 2 aromatic rings. The van der Waals surface area contributed by atoms with Gasteiger partial charge < -0.3 is 4.74 Å². The molecule has 0 saturated carbocycles. The first-order valence-electron chi connectivity index (χ1n) is 6.03. The Morgan fingerprint density at radius 1 is 1.25 bits per heavy atom. The van der Waals surface area contributed by atoms with Crippen molar-refractivity contribution < 1.29 is 19.1 Å². The van der Waals surface area contributed by atoms with Gasteiger partial charge in [-0.25, -0.2) is 4.79 Å². The summed E-state index contributed by atoms with van der Waals surface area (Å²) in [6, 6.07) is 4.79. The van der Waals surface area contributed by atoms with Gasteiger partial charge in [-0.2, -0.15) is 5.10 Å². The lowest BCUT2D eigenvalue weighted by molar-refractivity contribution is -0.117. The van der Waals surface area contributed by atoms with Gasteiger partial charge in [0.05, 0.1) is 24.7 Å². The van der Waals surface area contributed by atoms with Crippen LogP contribution in [0.25, 0.3) is 10.9 Å². The van der Waals surface area contributed by atoms with Gasteiger partial charge in [-0.05, 0) is 25.1 Å². The molecule has 6 heteroatoms. The molecular weight excluding hydrogens is 260 g/mol.